The molecule has 42 heavy (non-hydrogen) atoms. The molecule has 0 radical (unpaired) electrons. The van der Waals surface area contributed by atoms with Gasteiger partial charge in [-0.2, -0.15) is 0 Å². The van der Waals surface area contributed by atoms with Gasteiger partial charge in [0, 0.05) is 59.2 Å². The summed E-state index contributed by atoms with van der Waals surface area (Å²) in [6, 6.07) is 17.0. The van der Waals surface area contributed by atoms with Gasteiger partial charge in [-0.15, -0.1) is 0 Å². The Hall–Kier alpha value is -3.73. The minimum absolute atomic E-state index is 0.134. The molecule has 0 saturated heterocycles. The highest BCUT2D eigenvalue weighted by atomic mass is 35.5. The minimum Gasteiger partial charge on any atom is -0.496 e. The summed E-state index contributed by atoms with van der Waals surface area (Å²) in [5.74, 6) is 0.0657. The van der Waals surface area contributed by atoms with Crippen LogP contribution < -0.4 is 20.1 Å². The third-order valence-electron chi connectivity index (χ3n) is 6.62. The van der Waals surface area contributed by atoms with Gasteiger partial charge in [-0.25, -0.2) is 4.98 Å². The number of aliphatic hydroxyl groups is 1. The van der Waals surface area contributed by atoms with Crippen molar-refractivity contribution in [1.82, 2.24) is 20.6 Å². The van der Waals surface area contributed by atoms with E-state index in [0.717, 1.165) is 27.8 Å². The Morgan fingerprint density at radius 3 is 2.40 bits per heavy atom. The number of aliphatic carboxylic acids is 1. The van der Waals surface area contributed by atoms with Gasteiger partial charge in [-0.1, -0.05) is 59.6 Å². The maximum Gasteiger partial charge on any atom is 0.306 e. The van der Waals surface area contributed by atoms with Crippen molar-refractivity contribution >= 4 is 29.2 Å². The molecule has 4 rings (SSSR count). The average molecular weight is 612 g/mol. The number of carboxylic acid groups (broad SMARTS) is 1. The second kappa shape index (κ2) is 14.4. The van der Waals surface area contributed by atoms with Crippen molar-refractivity contribution in [3.63, 3.8) is 0 Å². The number of halogens is 2. The van der Waals surface area contributed by atoms with Crippen LogP contribution in [0.3, 0.4) is 0 Å². The largest absolute Gasteiger partial charge is 0.496 e. The Labute approximate surface area is 254 Å². The second-order valence-electron chi connectivity index (χ2n) is 9.49. The molecule has 2 aromatic heterocycles. The zero-order valence-electron chi connectivity index (χ0n) is 23.4. The second-order valence-corrected chi connectivity index (χ2v) is 10.2. The standard InChI is InChI=1S/C31H32Cl2N4O5/c1-34-15-20-9-10-25(37-31(20)42-3)24-6-4-5-22(28(24)32)23-11-12-36-30(29(23)33)18-7-8-19(26(13-18)41-2)16-35-17-21(38)14-27(39)40/h4-13,21,34-35,38H,14-17H2,1-3H3,(H,39,40)/t21-/m1/s1. The number of hydrogen-bond acceptors (Lipinski definition) is 8. The molecule has 0 spiro atoms. The van der Waals surface area contributed by atoms with Crippen molar-refractivity contribution in [2.75, 3.05) is 27.8 Å². The Balaban J connectivity index is 1.64. The normalized spacial score (nSPS) is 11.8. The highest BCUT2D eigenvalue weighted by Gasteiger charge is 2.19. The fraction of sp³-hybridized carbons (Fsp3) is 0.258. The lowest BCUT2D eigenvalue weighted by molar-refractivity contribution is -0.139. The van der Waals surface area contributed by atoms with Crippen LogP contribution in [0.5, 0.6) is 11.6 Å². The molecule has 1 atom stereocenters. The van der Waals surface area contributed by atoms with Gasteiger partial charge in [0.25, 0.3) is 0 Å². The predicted octanol–water partition coefficient (Wildman–Crippen LogP) is 5.45. The quantitative estimate of drug-likeness (QED) is 0.156. The number of carboxylic acids is 1. The molecule has 0 fully saturated rings. The van der Waals surface area contributed by atoms with Crippen LogP contribution in [0.25, 0.3) is 33.6 Å². The smallest absolute Gasteiger partial charge is 0.306 e. The lowest BCUT2D eigenvalue weighted by atomic mass is 9.99. The molecule has 0 aliphatic rings. The molecule has 9 nitrogen and oxygen atoms in total. The molecule has 0 aliphatic heterocycles. The summed E-state index contributed by atoms with van der Waals surface area (Å²) < 4.78 is 11.1. The summed E-state index contributed by atoms with van der Waals surface area (Å²) >= 11 is 13.9. The number of rotatable bonds is 13. The van der Waals surface area contributed by atoms with Gasteiger partial charge < -0.3 is 30.3 Å². The fourth-order valence-corrected chi connectivity index (χ4v) is 5.24. The molecule has 11 heteroatoms. The first-order chi connectivity index (χ1) is 20.3. The molecule has 4 aromatic rings. The van der Waals surface area contributed by atoms with Gasteiger partial charge in [0.05, 0.1) is 48.2 Å². The minimum atomic E-state index is -1.05. The van der Waals surface area contributed by atoms with Crippen molar-refractivity contribution in [3.05, 3.63) is 82.0 Å². The molecular formula is C31H32Cl2N4O5. The van der Waals surface area contributed by atoms with Gasteiger partial charge in [0.2, 0.25) is 5.88 Å². The van der Waals surface area contributed by atoms with E-state index in [1.54, 1.807) is 20.4 Å². The highest BCUT2D eigenvalue weighted by Crippen LogP contribution is 2.42. The van der Waals surface area contributed by atoms with Crippen molar-refractivity contribution in [2.45, 2.75) is 25.6 Å². The first-order valence-corrected chi connectivity index (χ1v) is 13.9. The van der Waals surface area contributed by atoms with E-state index in [-0.39, 0.29) is 13.0 Å². The summed E-state index contributed by atoms with van der Waals surface area (Å²) in [5.41, 5.74) is 5.92. The monoisotopic (exact) mass is 610 g/mol. The van der Waals surface area contributed by atoms with Crippen LogP contribution in [0, 0.1) is 0 Å². The zero-order chi connectivity index (χ0) is 30.2. The van der Waals surface area contributed by atoms with Gasteiger partial charge in [-0.3, -0.25) is 9.78 Å². The Kier molecular flexibility index (Phi) is 10.7. The van der Waals surface area contributed by atoms with Crippen molar-refractivity contribution in [3.8, 4) is 45.3 Å². The number of aromatic nitrogens is 2. The lowest BCUT2D eigenvalue weighted by Gasteiger charge is -2.16. The molecule has 4 N–H and O–H groups in total. The highest BCUT2D eigenvalue weighted by molar-refractivity contribution is 6.39. The van der Waals surface area contributed by atoms with Gasteiger partial charge in [-0.05, 0) is 25.2 Å². The van der Waals surface area contributed by atoms with E-state index in [2.05, 4.69) is 20.6 Å². The SMILES string of the molecule is CNCc1ccc(-c2cccc(-c3ccnc(-c4ccc(CNC[C@H](O)CC(=O)O)c(OC)c4)c3Cl)c2Cl)nc1OC. The van der Waals surface area contributed by atoms with Crippen LogP contribution in [0.2, 0.25) is 10.0 Å². The molecule has 2 heterocycles. The molecule has 0 bridgehead atoms. The summed E-state index contributed by atoms with van der Waals surface area (Å²) in [6.45, 7) is 1.13. The van der Waals surface area contributed by atoms with E-state index in [1.165, 1.54) is 0 Å². The molecule has 220 valence electrons. The predicted molar refractivity (Wildman–Crippen MR) is 164 cm³/mol. The van der Waals surface area contributed by atoms with Crippen LogP contribution in [-0.4, -0.2) is 60.1 Å². The number of benzene rings is 2. The third-order valence-corrected chi connectivity index (χ3v) is 7.41. The van der Waals surface area contributed by atoms with Gasteiger partial charge >= 0.3 is 5.97 Å². The third kappa shape index (κ3) is 7.18. The first-order valence-electron chi connectivity index (χ1n) is 13.2. The topological polar surface area (TPSA) is 126 Å². The van der Waals surface area contributed by atoms with E-state index in [0.29, 0.717) is 51.7 Å². The van der Waals surface area contributed by atoms with Crippen molar-refractivity contribution in [2.24, 2.45) is 0 Å². The van der Waals surface area contributed by atoms with Crippen LogP contribution in [0.4, 0.5) is 0 Å². The van der Waals surface area contributed by atoms with E-state index >= 15 is 0 Å². The van der Waals surface area contributed by atoms with Crippen LogP contribution in [-0.2, 0) is 17.9 Å². The zero-order valence-corrected chi connectivity index (χ0v) is 25.0. The van der Waals surface area contributed by atoms with Crippen molar-refractivity contribution in [1.29, 1.82) is 0 Å². The van der Waals surface area contributed by atoms with E-state index < -0.39 is 12.1 Å². The molecule has 0 unspecified atom stereocenters. The van der Waals surface area contributed by atoms with Crippen LogP contribution >= 0.6 is 23.2 Å². The summed E-state index contributed by atoms with van der Waals surface area (Å²) in [4.78, 5) is 20.0. The van der Waals surface area contributed by atoms with E-state index in [9.17, 15) is 9.90 Å². The average Bonchev–Trinajstić information content (AvgIpc) is 2.98. The van der Waals surface area contributed by atoms with Gasteiger partial charge in [0.15, 0.2) is 0 Å². The summed E-state index contributed by atoms with van der Waals surface area (Å²) in [5, 5.41) is 25.7. The van der Waals surface area contributed by atoms with Crippen LogP contribution in [0.15, 0.2) is 60.8 Å². The summed E-state index contributed by atoms with van der Waals surface area (Å²) in [6.07, 6.45) is 0.364. The number of ether oxygens (including phenoxy) is 2. The Bertz CT molecular complexity index is 1570. The Morgan fingerprint density at radius 2 is 1.69 bits per heavy atom. The molecule has 0 saturated carbocycles. The maximum atomic E-state index is 10.8. The Morgan fingerprint density at radius 1 is 0.952 bits per heavy atom. The summed E-state index contributed by atoms with van der Waals surface area (Å²) in [7, 11) is 5.01. The number of nitrogens with zero attached hydrogens (tertiary/aromatic N) is 2. The first kappa shape index (κ1) is 31.2. The fourth-order valence-electron chi connectivity index (χ4n) is 4.60. The van der Waals surface area contributed by atoms with Crippen molar-refractivity contribution < 1.29 is 24.5 Å². The van der Waals surface area contributed by atoms with E-state index in [4.69, 9.17) is 37.8 Å². The molecule has 0 aliphatic carbocycles. The van der Waals surface area contributed by atoms with Gasteiger partial charge in [0.1, 0.15) is 5.75 Å². The molecular weight excluding hydrogens is 579 g/mol. The molecule has 2 aromatic carbocycles. The number of nitrogens with one attached hydrogen (secondary N) is 2. The maximum absolute atomic E-state index is 10.8. The number of pyridine rings is 2. The van der Waals surface area contributed by atoms with Crippen LogP contribution in [0.1, 0.15) is 17.5 Å². The van der Waals surface area contributed by atoms with E-state index in [1.807, 2.05) is 61.6 Å². The number of aliphatic hydroxyl groups excluding tert-OH is 1. The number of carbonyl (C=O) groups is 1. The molecule has 0 amide bonds. The number of hydrogen-bond donors (Lipinski definition) is 4. The number of methoxy groups -OCH3 is 2. The lowest BCUT2D eigenvalue weighted by Crippen LogP contribution is -2.28.